The Morgan fingerprint density at radius 1 is 1.14 bits per heavy atom. The van der Waals surface area contributed by atoms with E-state index in [-0.39, 0.29) is 12.5 Å². The number of carbonyl (C=O) groups excluding carboxylic acids is 1. The highest BCUT2D eigenvalue weighted by molar-refractivity contribution is 5.96. The molecule has 1 atom stereocenters. The minimum atomic E-state index is -5.08. The summed E-state index contributed by atoms with van der Waals surface area (Å²) in [6.45, 7) is 2.39. The lowest BCUT2D eigenvalue weighted by atomic mass is 9.89. The molecule has 9 nitrogen and oxygen atoms in total. The molecule has 2 aromatic rings. The fourth-order valence-electron chi connectivity index (χ4n) is 3.41. The number of benzene rings is 1. The summed E-state index contributed by atoms with van der Waals surface area (Å²) in [6, 6.07) is 8.36. The van der Waals surface area contributed by atoms with Crippen LogP contribution in [0.15, 0.2) is 36.5 Å². The molecule has 0 spiro atoms. The number of hydrogen-bond acceptors (Lipinski definition) is 7. The molecule has 12 heteroatoms. The number of hydrogen-bond donors (Lipinski definition) is 5. The summed E-state index contributed by atoms with van der Waals surface area (Å²) in [5.74, 6) is -1.32. The van der Waals surface area contributed by atoms with E-state index in [0.29, 0.717) is 23.4 Å². The maximum atomic E-state index is 12.5. The molecular weight excluding hydrogens is 467 g/mol. The minimum absolute atomic E-state index is 0.316. The monoisotopic (exact) mass is 497 g/mol. The molecule has 1 heterocycles. The van der Waals surface area contributed by atoms with Gasteiger partial charge in [0.15, 0.2) is 0 Å². The third kappa shape index (κ3) is 9.77. The first-order valence-corrected chi connectivity index (χ1v) is 11.2. The van der Waals surface area contributed by atoms with Crippen molar-refractivity contribution in [2.45, 2.75) is 51.2 Å². The molecule has 1 aliphatic rings. The minimum Gasteiger partial charge on any atom is -0.475 e. The molecule has 35 heavy (non-hydrogen) atoms. The number of anilines is 3. The van der Waals surface area contributed by atoms with Crippen LogP contribution in [0.4, 0.5) is 30.6 Å². The lowest BCUT2D eigenvalue weighted by Gasteiger charge is -2.22. The van der Waals surface area contributed by atoms with Gasteiger partial charge in [0.25, 0.3) is 0 Å². The van der Waals surface area contributed by atoms with Gasteiger partial charge in [-0.2, -0.15) is 18.2 Å². The van der Waals surface area contributed by atoms with Gasteiger partial charge < -0.3 is 26.2 Å². The number of amides is 1. The van der Waals surface area contributed by atoms with E-state index in [9.17, 15) is 23.1 Å². The molecule has 0 aliphatic heterocycles. The Morgan fingerprint density at radius 2 is 1.77 bits per heavy atom. The summed E-state index contributed by atoms with van der Waals surface area (Å²) in [7, 11) is 0. The first-order chi connectivity index (χ1) is 16.6. The lowest BCUT2D eigenvalue weighted by Crippen LogP contribution is -2.38. The van der Waals surface area contributed by atoms with Crippen molar-refractivity contribution in [1.82, 2.24) is 9.97 Å². The topological polar surface area (TPSA) is 136 Å². The molecule has 0 radical (unpaired) electrons. The van der Waals surface area contributed by atoms with Crippen molar-refractivity contribution in [3.8, 4) is 0 Å². The normalized spacial score (nSPS) is 14.8. The molecule has 1 amide bonds. The van der Waals surface area contributed by atoms with Gasteiger partial charge in [-0.15, -0.1) is 0 Å². The number of nitrogens with one attached hydrogen (secondary N) is 3. The molecule has 5 N–H and O–H groups in total. The number of aliphatic carboxylic acids is 1. The van der Waals surface area contributed by atoms with Crippen LogP contribution in [-0.4, -0.2) is 57.4 Å². The standard InChI is InChI=1S/C21H29N5O2.C2HF3O2/c1-15-12-22-21(23-13-16-8-4-2-5-9-16)26-19(15)25-18(14-27)20(28)24-17-10-6-3-7-11-17;3-2(4,5)1(6)7/h3,6-7,10-12,16,18,27H,2,4-5,8-9,13-14H2,1H3,(H,24,28)(H2,22,23,25,26);(H,6,7)/t18-;/m0./s1. The second-order valence-corrected chi connectivity index (χ2v) is 8.15. The van der Waals surface area contributed by atoms with E-state index in [2.05, 4.69) is 25.9 Å². The highest BCUT2D eigenvalue weighted by Gasteiger charge is 2.38. The number of rotatable bonds is 8. The van der Waals surface area contributed by atoms with E-state index in [0.717, 1.165) is 12.1 Å². The van der Waals surface area contributed by atoms with Crippen LogP contribution < -0.4 is 16.0 Å². The summed E-state index contributed by atoms with van der Waals surface area (Å²) in [4.78, 5) is 30.2. The molecule has 0 bridgehead atoms. The Hall–Kier alpha value is -3.41. The molecule has 0 saturated heterocycles. The van der Waals surface area contributed by atoms with Crippen molar-refractivity contribution in [3.05, 3.63) is 42.1 Å². The predicted molar refractivity (Wildman–Crippen MR) is 125 cm³/mol. The van der Waals surface area contributed by atoms with Gasteiger partial charge in [-0.05, 0) is 37.8 Å². The maximum Gasteiger partial charge on any atom is 0.490 e. The summed E-state index contributed by atoms with van der Waals surface area (Å²) in [6.07, 6.45) is 3.05. The van der Waals surface area contributed by atoms with Gasteiger partial charge in [0, 0.05) is 24.0 Å². The highest BCUT2D eigenvalue weighted by atomic mass is 19.4. The largest absolute Gasteiger partial charge is 0.490 e. The Labute approximate surface area is 201 Å². The van der Waals surface area contributed by atoms with Crippen LogP contribution in [0.2, 0.25) is 0 Å². The van der Waals surface area contributed by atoms with Crippen LogP contribution in [-0.2, 0) is 9.59 Å². The van der Waals surface area contributed by atoms with Crippen LogP contribution >= 0.6 is 0 Å². The fourth-order valence-corrected chi connectivity index (χ4v) is 3.41. The SMILES string of the molecule is Cc1cnc(NCC2CCCCC2)nc1N[C@@H](CO)C(=O)Nc1ccccc1.O=C(O)C(F)(F)F. The van der Waals surface area contributed by atoms with Crippen molar-refractivity contribution in [1.29, 1.82) is 0 Å². The van der Waals surface area contributed by atoms with E-state index in [4.69, 9.17) is 9.90 Å². The van der Waals surface area contributed by atoms with E-state index >= 15 is 0 Å². The van der Waals surface area contributed by atoms with Gasteiger partial charge in [0.05, 0.1) is 6.61 Å². The molecular formula is C23H30F3N5O4. The van der Waals surface area contributed by atoms with Crippen LogP contribution in [0.3, 0.4) is 0 Å². The Bertz CT molecular complexity index is 954. The van der Waals surface area contributed by atoms with E-state index in [1.807, 2.05) is 25.1 Å². The van der Waals surface area contributed by atoms with Gasteiger partial charge >= 0.3 is 12.1 Å². The average Bonchev–Trinajstić information content (AvgIpc) is 2.83. The number of para-hydroxylation sites is 1. The van der Waals surface area contributed by atoms with Crippen molar-refractivity contribution in [2.24, 2.45) is 5.92 Å². The first-order valence-electron chi connectivity index (χ1n) is 11.2. The fraction of sp³-hybridized carbons (Fsp3) is 0.478. The van der Waals surface area contributed by atoms with Crippen LogP contribution in [0.25, 0.3) is 0 Å². The second-order valence-electron chi connectivity index (χ2n) is 8.15. The number of aliphatic hydroxyl groups excluding tert-OH is 1. The number of carbonyl (C=O) groups is 2. The molecule has 1 saturated carbocycles. The first kappa shape index (κ1) is 27.8. The van der Waals surface area contributed by atoms with Crippen LogP contribution in [0.5, 0.6) is 0 Å². The molecule has 192 valence electrons. The number of alkyl halides is 3. The Balaban J connectivity index is 0.000000540. The number of nitrogens with zero attached hydrogens (tertiary/aromatic N) is 2. The Kier molecular flexibility index (Phi) is 10.7. The van der Waals surface area contributed by atoms with E-state index < -0.39 is 18.2 Å². The zero-order valence-corrected chi connectivity index (χ0v) is 19.3. The third-order valence-corrected chi connectivity index (χ3v) is 5.34. The number of carboxylic acid groups (broad SMARTS) is 1. The van der Waals surface area contributed by atoms with Crippen molar-refractivity contribution in [2.75, 3.05) is 29.1 Å². The predicted octanol–water partition coefficient (Wildman–Crippen LogP) is 3.82. The maximum absolute atomic E-state index is 12.5. The van der Waals surface area contributed by atoms with E-state index in [1.165, 1.54) is 32.1 Å². The van der Waals surface area contributed by atoms with Gasteiger partial charge in [-0.3, -0.25) is 4.79 Å². The summed E-state index contributed by atoms with van der Waals surface area (Å²) >= 11 is 0. The summed E-state index contributed by atoms with van der Waals surface area (Å²) in [5.41, 5.74) is 1.50. The average molecular weight is 498 g/mol. The zero-order valence-electron chi connectivity index (χ0n) is 19.3. The molecule has 0 unspecified atom stereocenters. The number of carboxylic acids is 1. The summed E-state index contributed by atoms with van der Waals surface area (Å²) in [5, 5.41) is 26.0. The highest BCUT2D eigenvalue weighted by Crippen LogP contribution is 2.24. The zero-order chi connectivity index (χ0) is 25.8. The molecule has 1 aliphatic carbocycles. The van der Waals surface area contributed by atoms with Gasteiger partial charge in [-0.1, -0.05) is 37.5 Å². The third-order valence-electron chi connectivity index (χ3n) is 5.34. The van der Waals surface area contributed by atoms with Gasteiger partial charge in [0.1, 0.15) is 11.9 Å². The van der Waals surface area contributed by atoms with Crippen molar-refractivity contribution < 1.29 is 33.0 Å². The number of aryl methyl sites for hydroxylation is 1. The molecule has 1 aromatic heterocycles. The van der Waals surface area contributed by atoms with Crippen molar-refractivity contribution in [3.63, 3.8) is 0 Å². The van der Waals surface area contributed by atoms with Crippen LogP contribution in [0, 0.1) is 12.8 Å². The molecule has 3 rings (SSSR count). The number of aliphatic hydroxyl groups is 1. The van der Waals surface area contributed by atoms with Crippen LogP contribution in [0.1, 0.15) is 37.7 Å². The van der Waals surface area contributed by atoms with Gasteiger partial charge in [-0.25, -0.2) is 9.78 Å². The molecule has 1 fully saturated rings. The number of aromatic nitrogens is 2. The quantitative estimate of drug-likeness (QED) is 0.371. The number of halogens is 3. The lowest BCUT2D eigenvalue weighted by molar-refractivity contribution is -0.192. The second kappa shape index (κ2) is 13.5. The Morgan fingerprint density at radius 3 is 2.34 bits per heavy atom. The van der Waals surface area contributed by atoms with E-state index in [1.54, 1.807) is 18.3 Å². The molecule has 1 aromatic carbocycles. The summed E-state index contributed by atoms with van der Waals surface area (Å²) < 4.78 is 31.7. The van der Waals surface area contributed by atoms with Crippen molar-refractivity contribution >= 4 is 29.3 Å². The smallest absolute Gasteiger partial charge is 0.475 e. The van der Waals surface area contributed by atoms with Gasteiger partial charge in [0.2, 0.25) is 11.9 Å².